The lowest BCUT2D eigenvalue weighted by molar-refractivity contribution is 0.726. The van der Waals surface area contributed by atoms with Gasteiger partial charge >= 0.3 is 0 Å². The Bertz CT molecular complexity index is 2940. The zero-order valence-electron chi connectivity index (χ0n) is 32.7. The van der Waals surface area contributed by atoms with Crippen LogP contribution < -0.4 is 4.90 Å². The monoisotopic (exact) mass is 744 g/mol. The second kappa shape index (κ2) is 13.9. The van der Waals surface area contributed by atoms with Crippen LogP contribution in [0, 0.1) is 5.92 Å². The van der Waals surface area contributed by atoms with Crippen molar-refractivity contribution >= 4 is 38.9 Å². The molecule has 0 radical (unpaired) electrons. The van der Waals surface area contributed by atoms with E-state index in [0.29, 0.717) is 5.92 Å². The Morgan fingerprint density at radius 3 is 2.00 bits per heavy atom. The number of hydrogen-bond donors (Lipinski definition) is 0. The summed E-state index contributed by atoms with van der Waals surface area (Å²) >= 11 is 0. The smallest absolute Gasteiger partial charge is 0.0714 e. The molecular formula is C56H44N2. The average Bonchev–Trinajstić information content (AvgIpc) is 3.78. The molecule has 2 nitrogen and oxygen atoms in total. The summed E-state index contributed by atoms with van der Waals surface area (Å²) in [5.74, 6) is 0.447. The van der Waals surface area contributed by atoms with Crippen molar-refractivity contribution in [2.75, 3.05) is 4.90 Å². The molecule has 3 aliphatic carbocycles. The van der Waals surface area contributed by atoms with Gasteiger partial charge in [0.25, 0.3) is 0 Å². The second-order valence-electron chi connectivity index (χ2n) is 16.1. The number of benzene rings is 7. The van der Waals surface area contributed by atoms with E-state index in [-0.39, 0.29) is 0 Å². The van der Waals surface area contributed by atoms with Gasteiger partial charge in [-0.2, -0.15) is 0 Å². The normalized spacial score (nSPS) is 16.5. The Hall–Kier alpha value is -6.90. The van der Waals surface area contributed by atoms with E-state index in [0.717, 1.165) is 30.6 Å². The molecule has 0 amide bonds. The molecule has 0 fully saturated rings. The highest BCUT2D eigenvalue weighted by molar-refractivity contribution is 6.11. The van der Waals surface area contributed by atoms with E-state index < -0.39 is 5.41 Å². The molecule has 278 valence electrons. The fraction of sp³-hybridized carbons (Fsp3) is 0.107. The van der Waals surface area contributed by atoms with Gasteiger partial charge in [-0.25, -0.2) is 0 Å². The van der Waals surface area contributed by atoms with Crippen LogP contribution in [0.2, 0.25) is 0 Å². The minimum Gasteiger partial charge on any atom is -0.313 e. The second-order valence-corrected chi connectivity index (χ2v) is 16.1. The predicted molar refractivity (Wildman–Crippen MR) is 244 cm³/mol. The maximum Gasteiger partial charge on any atom is 0.0714 e. The molecule has 11 rings (SSSR count). The maximum atomic E-state index is 2.47. The van der Waals surface area contributed by atoms with Crippen LogP contribution in [0.25, 0.3) is 49.8 Å². The molecule has 8 aromatic rings. The number of fused-ring (bicyclic) bond motifs is 6. The van der Waals surface area contributed by atoms with E-state index >= 15 is 0 Å². The first-order valence-corrected chi connectivity index (χ1v) is 20.7. The van der Waals surface area contributed by atoms with Gasteiger partial charge < -0.3 is 9.47 Å². The fourth-order valence-corrected chi connectivity index (χ4v) is 10.0. The van der Waals surface area contributed by atoms with Gasteiger partial charge in [0.1, 0.15) is 0 Å². The molecule has 1 heterocycles. The number of rotatable bonds is 7. The zero-order valence-corrected chi connectivity index (χ0v) is 32.7. The Labute approximate surface area is 341 Å². The van der Waals surface area contributed by atoms with Crippen LogP contribution in [-0.4, -0.2) is 4.57 Å². The van der Waals surface area contributed by atoms with Crippen molar-refractivity contribution in [2.45, 2.75) is 31.6 Å². The largest absolute Gasteiger partial charge is 0.313 e. The van der Waals surface area contributed by atoms with Crippen molar-refractivity contribution in [2.24, 2.45) is 5.92 Å². The fourth-order valence-electron chi connectivity index (χ4n) is 10.0. The topological polar surface area (TPSA) is 8.17 Å². The van der Waals surface area contributed by atoms with E-state index in [9.17, 15) is 0 Å². The SMILES string of the molecule is CC1C=C(N(c2ccc(-c3ccc4c(c3)c3ccccc3n4C3=CC=CCC3)cc2)c2ccc3c(c2)C(c2ccccc2)(c2ccccc2)c2ccccc2-3)C=CC1. The van der Waals surface area contributed by atoms with Gasteiger partial charge in [0.05, 0.1) is 16.4 Å². The Morgan fingerprint density at radius 2 is 1.24 bits per heavy atom. The third-order valence-corrected chi connectivity index (χ3v) is 12.6. The number of para-hydroxylation sites is 1. The van der Waals surface area contributed by atoms with Crippen molar-refractivity contribution in [3.8, 4) is 22.3 Å². The van der Waals surface area contributed by atoms with Crippen LogP contribution >= 0.6 is 0 Å². The Morgan fingerprint density at radius 1 is 0.569 bits per heavy atom. The van der Waals surface area contributed by atoms with E-state index in [1.807, 2.05) is 0 Å². The molecule has 0 aliphatic heterocycles. The summed E-state index contributed by atoms with van der Waals surface area (Å²) in [6.45, 7) is 2.31. The Balaban J connectivity index is 1.05. The molecule has 7 aromatic carbocycles. The molecule has 0 saturated carbocycles. The summed E-state index contributed by atoms with van der Waals surface area (Å²) in [6, 6.07) is 63.4. The quantitative estimate of drug-likeness (QED) is 0.158. The molecule has 1 atom stereocenters. The van der Waals surface area contributed by atoms with Gasteiger partial charge in [-0.15, -0.1) is 0 Å². The highest BCUT2D eigenvalue weighted by Gasteiger charge is 2.46. The lowest BCUT2D eigenvalue weighted by Crippen LogP contribution is -2.29. The van der Waals surface area contributed by atoms with E-state index in [1.165, 1.54) is 77.7 Å². The zero-order chi connectivity index (χ0) is 38.6. The van der Waals surface area contributed by atoms with Crippen LogP contribution in [0.4, 0.5) is 11.4 Å². The van der Waals surface area contributed by atoms with Crippen molar-refractivity contribution < 1.29 is 0 Å². The first kappa shape index (κ1) is 34.4. The third-order valence-electron chi connectivity index (χ3n) is 12.6. The molecule has 3 aliphatic rings. The average molecular weight is 745 g/mol. The molecule has 0 saturated heterocycles. The number of allylic oxidation sites excluding steroid dienone is 7. The molecule has 0 spiro atoms. The molecule has 0 N–H and O–H groups in total. The third kappa shape index (κ3) is 5.40. The van der Waals surface area contributed by atoms with Crippen LogP contribution in [0.1, 0.15) is 48.4 Å². The van der Waals surface area contributed by atoms with E-state index in [2.05, 4.69) is 223 Å². The highest BCUT2D eigenvalue weighted by Crippen LogP contribution is 2.57. The van der Waals surface area contributed by atoms with Gasteiger partial charge in [-0.3, -0.25) is 0 Å². The van der Waals surface area contributed by atoms with Crippen molar-refractivity contribution in [3.05, 3.63) is 234 Å². The van der Waals surface area contributed by atoms with E-state index in [4.69, 9.17) is 0 Å². The molecule has 1 aromatic heterocycles. The Kier molecular flexibility index (Phi) is 8.25. The number of nitrogens with zero attached hydrogens (tertiary/aromatic N) is 2. The van der Waals surface area contributed by atoms with Gasteiger partial charge in [0.15, 0.2) is 0 Å². The van der Waals surface area contributed by atoms with Gasteiger partial charge in [0, 0.05) is 33.5 Å². The van der Waals surface area contributed by atoms with Gasteiger partial charge in [-0.1, -0.05) is 159 Å². The summed E-state index contributed by atoms with van der Waals surface area (Å²) in [4.78, 5) is 2.46. The summed E-state index contributed by atoms with van der Waals surface area (Å²) < 4.78 is 2.46. The summed E-state index contributed by atoms with van der Waals surface area (Å²) in [7, 11) is 0. The number of aromatic nitrogens is 1. The molecule has 2 heteroatoms. The molecule has 1 unspecified atom stereocenters. The van der Waals surface area contributed by atoms with Gasteiger partial charge in [-0.05, 0) is 124 Å². The van der Waals surface area contributed by atoms with Crippen LogP contribution in [0.15, 0.2) is 212 Å². The minimum atomic E-state index is -0.462. The molecule has 0 bridgehead atoms. The molecule has 58 heavy (non-hydrogen) atoms. The standard InChI is InChI=1S/C56H44N2/c1-39-16-15-23-46(36-39)57(45-31-28-40(29-32-45)41-30-35-55-51(37-41)50-25-12-14-27-54(50)58(55)44-21-9-4-10-22-44)47-33-34-49-48-24-11-13-26-52(48)56(53(49)38-47,42-17-5-2-6-18-42)43-19-7-3-8-20-43/h2-9,11-15,17-21,23-39H,10,16,22H2,1H3. The number of anilines is 2. The van der Waals surface area contributed by atoms with Crippen molar-refractivity contribution in [3.63, 3.8) is 0 Å². The van der Waals surface area contributed by atoms with Gasteiger partial charge in [0.2, 0.25) is 0 Å². The van der Waals surface area contributed by atoms with Crippen LogP contribution in [0.5, 0.6) is 0 Å². The van der Waals surface area contributed by atoms with E-state index in [1.54, 1.807) is 0 Å². The molecular weight excluding hydrogens is 701 g/mol. The number of hydrogen-bond acceptors (Lipinski definition) is 1. The maximum absolute atomic E-state index is 2.47. The van der Waals surface area contributed by atoms with Crippen LogP contribution in [0.3, 0.4) is 0 Å². The lowest BCUT2D eigenvalue weighted by Gasteiger charge is -2.35. The minimum absolute atomic E-state index is 0.447. The summed E-state index contributed by atoms with van der Waals surface area (Å²) in [5, 5.41) is 2.59. The highest BCUT2D eigenvalue weighted by atomic mass is 15.1. The summed E-state index contributed by atoms with van der Waals surface area (Å²) in [6.07, 6.45) is 17.0. The summed E-state index contributed by atoms with van der Waals surface area (Å²) in [5.41, 5.74) is 17.1. The first-order valence-electron chi connectivity index (χ1n) is 20.7. The predicted octanol–water partition coefficient (Wildman–Crippen LogP) is 14.6. The first-order chi connectivity index (χ1) is 28.7. The van der Waals surface area contributed by atoms with Crippen LogP contribution in [-0.2, 0) is 5.41 Å². The van der Waals surface area contributed by atoms with Crippen molar-refractivity contribution in [1.82, 2.24) is 4.57 Å². The van der Waals surface area contributed by atoms with Crippen molar-refractivity contribution in [1.29, 1.82) is 0 Å². The lowest BCUT2D eigenvalue weighted by atomic mass is 9.67.